The summed E-state index contributed by atoms with van der Waals surface area (Å²) in [5.41, 5.74) is 0. The van der Waals surface area contributed by atoms with Crippen molar-refractivity contribution in [2.75, 3.05) is 11.5 Å². The summed E-state index contributed by atoms with van der Waals surface area (Å²) in [4.78, 5) is 0. The van der Waals surface area contributed by atoms with E-state index in [9.17, 15) is 4.21 Å². The maximum Gasteiger partial charge on any atom is 0.0255 e. The van der Waals surface area contributed by atoms with Crippen LogP contribution in [0, 0.1) is 11.8 Å². The van der Waals surface area contributed by atoms with E-state index in [0.29, 0.717) is 0 Å². The fraction of sp³-hybridized carbons (Fsp3) is 0.900. The van der Waals surface area contributed by atoms with Gasteiger partial charge in [0, 0.05) is 20.1 Å². The molecular weight excluding hydrogens is 200 g/mol. The third-order valence-electron chi connectivity index (χ3n) is 3.36. The van der Waals surface area contributed by atoms with Crippen molar-refractivity contribution >= 4 is 25.2 Å². The zero-order valence-electron chi connectivity index (χ0n) is 8.04. The van der Waals surface area contributed by atoms with Crippen LogP contribution in [-0.2, 0) is 8.55 Å². The highest BCUT2D eigenvalue weighted by molar-refractivity contribution is 8.75. The molecule has 2 rings (SSSR count). The number of hydrogen-bond donors (Lipinski definition) is 0. The molecule has 3 unspecified atom stereocenters. The molecule has 1 heterocycles. The molecule has 0 N–H and O–H groups in total. The van der Waals surface area contributed by atoms with E-state index in [1.54, 1.807) is 10.8 Å². The second-order valence-corrected chi connectivity index (χ2v) is 9.32. The van der Waals surface area contributed by atoms with E-state index in [1.165, 1.54) is 32.1 Å². The summed E-state index contributed by atoms with van der Waals surface area (Å²) in [5.74, 6) is 7.52. The topological polar surface area (TPSA) is 17.1 Å². The van der Waals surface area contributed by atoms with Gasteiger partial charge in [0.05, 0.1) is 0 Å². The van der Waals surface area contributed by atoms with Crippen LogP contribution in [0.3, 0.4) is 0 Å². The highest BCUT2D eigenvalue weighted by atomic mass is 33.1. The molecule has 0 amide bonds. The van der Waals surface area contributed by atoms with Crippen molar-refractivity contribution in [1.29, 1.82) is 0 Å². The average Bonchev–Trinajstić information content (AvgIpc) is 2.27. The summed E-state index contributed by atoms with van der Waals surface area (Å²) >= 11 is 0. The molecule has 3 atom stereocenters. The molecule has 13 heavy (non-hydrogen) atoms. The van der Waals surface area contributed by atoms with Gasteiger partial charge in [-0.15, -0.1) is 0 Å². The summed E-state index contributed by atoms with van der Waals surface area (Å²) < 4.78 is 11.8. The van der Waals surface area contributed by atoms with Gasteiger partial charge in [0.25, 0.3) is 0 Å². The molecule has 1 aliphatic heterocycles. The van der Waals surface area contributed by atoms with Crippen molar-refractivity contribution in [2.45, 2.75) is 32.1 Å². The van der Waals surface area contributed by atoms with E-state index in [1.807, 2.05) is 0 Å². The Labute approximate surface area is 85.1 Å². The summed E-state index contributed by atoms with van der Waals surface area (Å²) in [6, 6.07) is 0. The molecule has 0 aromatic carbocycles. The Kier molecular flexibility index (Phi) is 2.94. The average molecular weight is 218 g/mol. The number of fused-ring (bicyclic) bond motifs is 1. The molecular formula is C10H18OS2. The van der Waals surface area contributed by atoms with Crippen molar-refractivity contribution in [1.82, 2.24) is 0 Å². The first kappa shape index (κ1) is 9.91. The first-order chi connectivity index (χ1) is 6.17. The quantitative estimate of drug-likeness (QED) is 0.459. The standard InChI is InChI=1S/C10H18OS2/c1-13(11)7-6-9-4-2-3-5-10(9)8-12-13/h9-10H,1-8H2. The van der Waals surface area contributed by atoms with Crippen LogP contribution in [0.4, 0.5) is 0 Å². The van der Waals surface area contributed by atoms with Gasteiger partial charge in [0.2, 0.25) is 0 Å². The Balaban J connectivity index is 2.07. The van der Waals surface area contributed by atoms with Crippen molar-refractivity contribution in [3.63, 3.8) is 0 Å². The molecule has 2 fully saturated rings. The van der Waals surface area contributed by atoms with Gasteiger partial charge in [-0.1, -0.05) is 30.1 Å². The van der Waals surface area contributed by atoms with Gasteiger partial charge in [0.15, 0.2) is 0 Å². The van der Waals surface area contributed by atoms with Crippen LogP contribution < -0.4 is 0 Å². The van der Waals surface area contributed by atoms with Crippen LogP contribution in [0.1, 0.15) is 32.1 Å². The van der Waals surface area contributed by atoms with Gasteiger partial charge in [-0.2, -0.15) is 0 Å². The lowest BCUT2D eigenvalue weighted by Gasteiger charge is -2.28. The van der Waals surface area contributed by atoms with E-state index >= 15 is 0 Å². The fourth-order valence-corrected chi connectivity index (χ4v) is 6.04. The molecule has 3 heteroatoms. The summed E-state index contributed by atoms with van der Waals surface area (Å²) in [5, 5.41) is 0. The molecule has 0 bridgehead atoms. The van der Waals surface area contributed by atoms with Crippen LogP contribution in [0.2, 0.25) is 0 Å². The highest BCUT2D eigenvalue weighted by Crippen LogP contribution is 2.39. The molecule has 0 radical (unpaired) electrons. The third kappa shape index (κ3) is 2.44. The Morgan fingerprint density at radius 2 is 1.85 bits per heavy atom. The molecule has 76 valence electrons. The maximum absolute atomic E-state index is 11.8. The number of rotatable bonds is 0. The predicted molar refractivity (Wildman–Crippen MR) is 62.7 cm³/mol. The first-order valence-electron chi connectivity index (χ1n) is 5.17. The lowest BCUT2D eigenvalue weighted by atomic mass is 9.79. The molecule has 1 aliphatic carbocycles. The second-order valence-electron chi connectivity index (χ2n) is 4.33. The van der Waals surface area contributed by atoms with Crippen LogP contribution >= 0.6 is 10.8 Å². The Hall–Kier alpha value is 0.370. The monoisotopic (exact) mass is 218 g/mol. The number of hydrogen-bond acceptors (Lipinski definition) is 2. The van der Waals surface area contributed by atoms with Crippen LogP contribution in [0.5, 0.6) is 0 Å². The van der Waals surface area contributed by atoms with Gasteiger partial charge < -0.3 is 0 Å². The second kappa shape index (κ2) is 3.85. The lowest BCUT2D eigenvalue weighted by molar-refractivity contribution is 0.256. The van der Waals surface area contributed by atoms with Gasteiger partial charge in [0.1, 0.15) is 0 Å². The third-order valence-corrected chi connectivity index (χ3v) is 7.41. The maximum atomic E-state index is 11.8. The lowest BCUT2D eigenvalue weighted by Crippen LogP contribution is -2.20. The van der Waals surface area contributed by atoms with Crippen molar-refractivity contribution in [2.24, 2.45) is 11.8 Å². The zero-order valence-corrected chi connectivity index (χ0v) is 9.67. The van der Waals surface area contributed by atoms with E-state index in [2.05, 4.69) is 5.87 Å². The molecule has 1 saturated heterocycles. The Bertz CT molecular complexity index is 247. The van der Waals surface area contributed by atoms with Crippen molar-refractivity contribution in [3.05, 3.63) is 0 Å². The smallest absolute Gasteiger partial charge is 0.0255 e. The van der Waals surface area contributed by atoms with E-state index in [4.69, 9.17) is 0 Å². The zero-order chi connectivity index (χ0) is 9.31. The SMILES string of the molecule is C=S1(=O)CCC2CCCCC2CS1. The van der Waals surface area contributed by atoms with Crippen molar-refractivity contribution in [3.8, 4) is 0 Å². The summed E-state index contributed by atoms with van der Waals surface area (Å²) in [7, 11) is -0.117. The summed E-state index contributed by atoms with van der Waals surface area (Å²) in [6.07, 6.45) is 6.69. The Morgan fingerprint density at radius 3 is 2.62 bits per heavy atom. The normalized spacial score (nSPS) is 46.5. The largest absolute Gasteiger partial charge is 0.257 e. The minimum atomic E-state index is -1.76. The molecule has 0 spiro atoms. The predicted octanol–water partition coefficient (Wildman–Crippen LogP) is 2.56. The van der Waals surface area contributed by atoms with E-state index < -0.39 is 8.55 Å². The minimum absolute atomic E-state index is 0.851. The minimum Gasteiger partial charge on any atom is -0.257 e. The Morgan fingerprint density at radius 1 is 1.15 bits per heavy atom. The van der Waals surface area contributed by atoms with Crippen LogP contribution in [-0.4, -0.2) is 21.6 Å². The van der Waals surface area contributed by atoms with Crippen LogP contribution in [0.25, 0.3) is 0 Å². The van der Waals surface area contributed by atoms with Gasteiger partial charge in [-0.3, -0.25) is 4.21 Å². The van der Waals surface area contributed by atoms with Gasteiger partial charge >= 0.3 is 0 Å². The highest BCUT2D eigenvalue weighted by Gasteiger charge is 2.29. The van der Waals surface area contributed by atoms with Gasteiger partial charge in [-0.05, 0) is 30.5 Å². The molecule has 2 aliphatic rings. The van der Waals surface area contributed by atoms with E-state index in [-0.39, 0.29) is 0 Å². The van der Waals surface area contributed by atoms with Gasteiger partial charge in [-0.25, -0.2) is 0 Å². The van der Waals surface area contributed by atoms with E-state index in [0.717, 1.165) is 23.3 Å². The van der Waals surface area contributed by atoms with Crippen molar-refractivity contribution < 1.29 is 4.21 Å². The first-order valence-corrected chi connectivity index (χ1v) is 8.56. The fourth-order valence-electron chi connectivity index (χ4n) is 2.49. The van der Waals surface area contributed by atoms with Crippen LogP contribution in [0.15, 0.2) is 0 Å². The molecule has 1 saturated carbocycles. The molecule has 1 nitrogen and oxygen atoms in total. The molecule has 0 aromatic rings. The summed E-state index contributed by atoms with van der Waals surface area (Å²) in [6.45, 7) is 0. The molecule has 0 aromatic heterocycles.